The SMILES string of the molecule is CC(C)CN1CCC(N(CCc2ccccn2)Cc2cccc(CNCc3ccccn3)c2)CC1. The Balaban J connectivity index is 1.37. The van der Waals surface area contributed by atoms with Gasteiger partial charge in [0, 0.05) is 63.3 Å². The molecule has 0 atom stereocenters. The average molecular weight is 472 g/mol. The predicted octanol–water partition coefficient (Wildman–Crippen LogP) is 4.93. The number of rotatable bonds is 12. The van der Waals surface area contributed by atoms with E-state index in [4.69, 9.17) is 0 Å². The molecule has 3 heterocycles. The fourth-order valence-corrected chi connectivity index (χ4v) is 5.09. The van der Waals surface area contributed by atoms with Gasteiger partial charge in [-0.25, -0.2) is 0 Å². The molecule has 0 saturated carbocycles. The third-order valence-corrected chi connectivity index (χ3v) is 6.82. The van der Waals surface area contributed by atoms with Gasteiger partial charge in [0.2, 0.25) is 0 Å². The van der Waals surface area contributed by atoms with E-state index < -0.39 is 0 Å². The van der Waals surface area contributed by atoms with Crippen LogP contribution in [0.3, 0.4) is 0 Å². The largest absolute Gasteiger partial charge is 0.307 e. The second-order valence-corrected chi connectivity index (χ2v) is 10.2. The van der Waals surface area contributed by atoms with Crippen LogP contribution in [0.15, 0.2) is 73.1 Å². The Morgan fingerprint density at radius 1 is 0.886 bits per heavy atom. The van der Waals surface area contributed by atoms with E-state index in [9.17, 15) is 0 Å². The Kier molecular flexibility index (Phi) is 9.82. The van der Waals surface area contributed by atoms with Crippen molar-refractivity contribution >= 4 is 0 Å². The molecule has 186 valence electrons. The van der Waals surface area contributed by atoms with Crippen molar-refractivity contribution in [2.75, 3.05) is 26.2 Å². The Labute approximate surface area is 211 Å². The van der Waals surface area contributed by atoms with Gasteiger partial charge < -0.3 is 10.2 Å². The zero-order valence-electron chi connectivity index (χ0n) is 21.4. The fraction of sp³-hybridized carbons (Fsp3) is 0.467. The summed E-state index contributed by atoms with van der Waals surface area (Å²) < 4.78 is 0. The number of aromatic nitrogens is 2. The van der Waals surface area contributed by atoms with Crippen LogP contribution in [0, 0.1) is 5.92 Å². The lowest BCUT2D eigenvalue weighted by Gasteiger charge is -2.39. The predicted molar refractivity (Wildman–Crippen MR) is 144 cm³/mol. The van der Waals surface area contributed by atoms with Gasteiger partial charge in [-0.3, -0.25) is 14.9 Å². The summed E-state index contributed by atoms with van der Waals surface area (Å²) >= 11 is 0. The quantitative estimate of drug-likeness (QED) is 0.406. The number of hydrogen-bond acceptors (Lipinski definition) is 5. The zero-order valence-corrected chi connectivity index (χ0v) is 21.4. The number of likely N-dealkylation sites (tertiary alicyclic amines) is 1. The van der Waals surface area contributed by atoms with Gasteiger partial charge in [0.25, 0.3) is 0 Å². The molecule has 0 radical (unpaired) electrons. The summed E-state index contributed by atoms with van der Waals surface area (Å²) in [5.41, 5.74) is 4.98. The summed E-state index contributed by atoms with van der Waals surface area (Å²) in [5.74, 6) is 0.737. The van der Waals surface area contributed by atoms with Crippen LogP contribution in [0.4, 0.5) is 0 Å². The van der Waals surface area contributed by atoms with Gasteiger partial charge in [0.1, 0.15) is 0 Å². The molecule has 4 rings (SSSR count). The lowest BCUT2D eigenvalue weighted by Crippen LogP contribution is -2.46. The van der Waals surface area contributed by atoms with E-state index >= 15 is 0 Å². The van der Waals surface area contributed by atoms with Crippen LogP contribution >= 0.6 is 0 Å². The maximum atomic E-state index is 4.57. The van der Waals surface area contributed by atoms with Gasteiger partial charge in [-0.2, -0.15) is 0 Å². The second kappa shape index (κ2) is 13.5. The zero-order chi connectivity index (χ0) is 24.3. The first-order chi connectivity index (χ1) is 17.2. The molecule has 0 spiro atoms. The lowest BCUT2D eigenvalue weighted by atomic mass is 10.00. The molecule has 1 aliphatic heterocycles. The van der Waals surface area contributed by atoms with Crippen molar-refractivity contribution in [3.63, 3.8) is 0 Å². The van der Waals surface area contributed by atoms with Crippen LogP contribution in [-0.4, -0.2) is 52.0 Å². The molecule has 0 aliphatic carbocycles. The summed E-state index contributed by atoms with van der Waals surface area (Å²) in [4.78, 5) is 14.3. The molecule has 1 N–H and O–H groups in total. The number of nitrogens with one attached hydrogen (secondary N) is 1. The molecule has 0 bridgehead atoms. The number of pyridine rings is 2. The van der Waals surface area contributed by atoms with Gasteiger partial charge in [-0.1, -0.05) is 50.2 Å². The molecule has 1 aliphatic rings. The highest BCUT2D eigenvalue weighted by Crippen LogP contribution is 2.21. The first kappa shape index (κ1) is 25.5. The van der Waals surface area contributed by atoms with Crippen molar-refractivity contribution in [1.82, 2.24) is 25.1 Å². The van der Waals surface area contributed by atoms with Crippen molar-refractivity contribution in [2.45, 2.75) is 58.8 Å². The molecule has 3 aromatic rings. The Hall–Kier alpha value is -2.60. The highest BCUT2D eigenvalue weighted by molar-refractivity contribution is 5.23. The normalized spacial score (nSPS) is 15.2. The molecular weight excluding hydrogens is 430 g/mol. The van der Waals surface area contributed by atoms with Crippen LogP contribution in [0.1, 0.15) is 49.2 Å². The lowest BCUT2D eigenvalue weighted by molar-refractivity contribution is 0.0970. The molecule has 0 unspecified atom stereocenters. The van der Waals surface area contributed by atoms with Gasteiger partial charge in [-0.15, -0.1) is 0 Å². The van der Waals surface area contributed by atoms with Crippen LogP contribution in [0.5, 0.6) is 0 Å². The van der Waals surface area contributed by atoms with E-state index in [2.05, 4.69) is 81.4 Å². The molecule has 0 amide bonds. The Morgan fingerprint density at radius 3 is 2.29 bits per heavy atom. The topological polar surface area (TPSA) is 44.3 Å². The molecular formula is C30H41N5. The van der Waals surface area contributed by atoms with Gasteiger partial charge in [0.15, 0.2) is 0 Å². The average Bonchev–Trinajstić information content (AvgIpc) is 2.88. The maximum absolute atomic E-state index is 4.57. The standard InChI is InChI=1S/C30H41N5/c1-25(2)23-34-17-13-30(14-18-34)35(19-12-28-10-3-5-15-32-28)24-27-9-7-8-26(20-27)21-31-22-29-11-4-6-16-33-29/h3-11,15-16,20,25,30-31H,12-14,17-19,21-24H2,1-2H3. The Morgan fingerprint density at radius 2 is 1.60 bits per heavy atom. The van der Waals surface area contributed by atoms with E-state index in [0.29, 0.717) is 6.04 Å². The number of nitrogens with zero attached hydrogens (tertiary/aromatic N) is 4. The number of benzene rings is 1. The smallest absolute Gasteiger partial charge is 0.0541 e. The first-order valence-electron chi connectivity index (χ1n) is 13.2. The van der Waals surface area contributed by atoms with Gasteiger partial charge in [-0.05, 0) is 67.2 Å². The third-order valence-electron chi connectivity index (χ3n) is 6.82. The molecule has 35 heavy (non-hydrogen) atoms. The highest BCUT2D eigenvalue weighted by atomic mass is 15.2. The van der Waals surface area contributed by atoms with Crippen LogP contribution in [0.25, 0.3) is 0 Å². The van der Waals surface area contributed by atoms with Crippen molar-refractivity contribution in [3.05, 3.63) is 95.6 Å². The molecule has 5 nitrogen and oxygen atoms in total. The Bertz CT molecular complexity index is 984. The van der Waals surface area contributed by atoms with E-state index in [1.54, 1.807) is 0 Å². The van der Waals surface area contributed by atoms with E-state index in [0.717, 1.165) is 44.2 Å². The first-order valence-corrected chi connectivity index (χ1v) is 13.2. The number of piperidine rings is 1. The van der Waals surface area contributed by atoms with E-state index in [1.165, 1.54) is 49.3 Å². The minimum Gasteiger partial charge on any atom is -0.307 e. The highest BCUT2D eigenvalue weighted by Gasteiger charge is 2.25. The summed E-state index contributed by atoms with van der Waals surface area (Å²) in [6.07, 6.45) is 7.26. The van der Waals surface area contributed by atoms with Crippen LogP contribution in [-0.2, 0) is 26.1 Å². The molecule has 1 fully saturated rings. The minimum atomic E-state index is 0.632. The van der Waals surface area contributed by atoms with E-state index in [-0.39, 0.29) is 0 Å². The number of hydrogen-bond donors (Lipinski definition) is 1. The maximum Gasteiger partial charge on any atom is 0.0541 e. The summed E-state index contributed by atoms with van der Waals surface area (Å²) in [6.45, 7) is 12.0. The summed E-state index contributed by atoms with van der Waals surface area (Å²) in [7, 11) is 0. The molecule has 1 aromatic carbocycles. The molecule has 1 saturated heterocycles. The summed E-state index contributed by atoms with van der Waals surface area (Å²) in [5, 5.41) is 3.54. The minimum absolute atomic E-state index is 0.632. The molecule has 5 heteroatoms. The monoisotopic (exact) mass is 471 g/mol. The summed E-state index contributed by atoms with van der Waals surface area (Å²) in [6, 6.07) is 22.0. The fourth-order valence-electron chi connectivity index (χ4n) is 5.09. The van der Waals surface area contributed by atoms with Crippen molar-refractivity contribution in [2.24, 2.45) is 5.92 Å². The van der Waals surface area contributed by atoms with Crippen molar-refractivity contribution < 1.29 is 0 Å². The third kappa shape index (κ3) is 8.53. The van der Waals surface area contributed by atoms with Crippen molar-refractivity contribution in [1.29, 1.82) is 0 Å². The van der Waals surface area contributed by atoms with Gasteiger partial charge >= 0.3 is 0 Å². The second-order valence-electron chi connectivity index (χ2n) is 10.2. The molecule has 2 aromatic heterocycles. The van der Waals surface area contributed by atoms with Gasteiger partial charge in [0.05, 0.1) is 5.69 Å². The van der Waals surface area contributed by atoms with Crippen LogP contribution < -0.4 is 5.32 Å². The van der Waals surface area contributed by atoms with Crippen LogP contribution in [0.2, 0.25) is 0 Å². The van der Waals surface area contributed by atoms with E-state index in [1.807, 2.05) is 30.6 Å². The van der Waals surface area contributed by atoms with Crippen molar-refractivity contribution in [3.8, 4) is 0 Å².